The van der Waals surface area contributed by atoms with Gasteiger partial charge in [-0.2, -0.15) is 0 Å². The molecule has 4 aromatic rings. The van der Waals surface area contributed by atoms with Crippen molar-refractivity contribution >= 4 is 58.3 Å². The highest BCUT2D eigenvalue weighted by atomic mass is 35.5. The Kier molecular flexibility index (Phi) is 19.3. The highest BCUT2D eigenvalue weighted by Crippen LogP contribution is 2.25. The SMILES string of the molecule is CCCCCCC(Cn1ccnc1OC(=O)CC(O)C(=O)Oc1nccn1CC(CCCCCC)OCc1ccc(Cl)cc1Cl)OCc1ccc(Cl)cc1Cl. The number of aromatic nitrogens is 4. The van der Waals surface area contributed by atoms with E-state index in [4.69, 9.17) is 65.4 Å². The molecular weight excluding hydrogens is 790 g/mol. The highest BCUT2D eigenvalue weighted by Gasteiger charge is 2.26. The van der Waals surface area contributed by atoms with Gasteiger partial charge in [0.1, 0.15) is 0 Å². The highest BCUT2D eigenvalue weighted by molar-refractivity contribution is 6.35. The van der Waals surface area contributed by atoms with Gasteiger partial charge in [0.25, 0.3) is 0 Å². The monoisotopic (exact) mass is 838 g/mol. The summed E-state index contributed by atoms with van der Waals surface area (Å²) in [6, 6.07) is 10.5. The molecule has 2 heterocycles. The van der Waals surface area contributed by atoms with Crippen LogP contribution in [-0.4, -0.2) is 54.5 Å². The molecule has 1 N–H and O–H groups in total. The minimum Gasteiger partial charge on any atom is -0.392 e. The van der Waals surface area contributed by atoms with E-state index in [0.29, 0.717) is 33.2 Å². The fraction of sp³-hybridized carbons (Fsp3) is 0.500. The maximum atomic E-state index is 13.0. The lowest BCUT2D eigenvalue weighted by atomic mass is 10.1. The van der Waals surface area contributed by atoms with Crippen LogP contribution in [0.25, 0.3) is 0 Å². The lowest BCUT2D eigenvalue weighted by Crippen LogP contribution is -2.31. The van der Waals surface area contributed by atoms with Crippen molar-refractivity contribution in [3.05, 3.63) is 92.4 Å². The van der Waals surface area contributed by atoms with E-state index < -0.39 is 24.5 Å². The topological polar surface area (TPSA) is 127 Å². The van der Waals surface area contributed by atoms with Gasteiger partial charge in [0.2, 0.25) is 0 Å². The Balaban J connectivity index is 1.32. The van der Waals surface area contributed by atoms with Crippen LogP contribution in [0.5, 0.6) is 12.0 Å². The number of rotatable bonds is 25. The summed E-state index contributed by atoms with van der Waals surface area (Å²) in [6.45, 7) is 5.52. The zero-order valence-electron chi connectivity index (χ0n) is 31.3. The molecule has 0 aliphatic heterocycles. The lowest BCUT2D eigenvalue weighted by molar-refractivity contribution is -0.150. The molecule has 0 fully saturated rings. The second-order valence-electron chi connectivity index (χ2n) is 13.4. The molecule has 2 aromatic carbocycles. The number of aliphatic hydroxyl groups is 1. The Labute approximate surface area is 343 Å². The quantitative estimate of drug-likeness (QED) is 0.0513. The predicted octanol–water partition coefficient (Wildman–Crippen LogP) is 10.1. The van der Waals surface area contributed by atoms with E-state index in [1.807, 2.05) is 12.1 Å². The molecule has 0 bridgehead atoms. The summed E-state index contributed by atoms with van der Waals surface area (Å²) in [6.07, 6.45) is 13.3. The summed E-state index contributed by atoms with van der Waals surface area (Å²) < 4.78 is 26.8. The molecule has 0 spiro atoms. The number of benzene rings is 2. The van der Waals surface area contributed by atoms with Crippen molar-refractivity contribution in [2.45, 2.75) is 129 Å². The molecule has 15 heteroatoms. The van der Waals surface area contributed by atoms with Gasteiger partial charge in [-0.1, -0.05) is 124 Å². The van der Waals surface area contributed by atoms with E-state index in [1.165, 1.54) is 12.4 Å². The number of halogens is 4. The van der Waals surface area contributed by atoms with Gasteiger partial charge < -0.3 is 24.1 Å². The van der Waals surface area contributed by atoms with E-state index in [9.17, 15) is 14.7 Å². The fourth-order valence-corrected chi connectivity index (χ4v) is 6.73. The standard InChI is InChI=1S/C40H50Cl4N4O7/c1-3-5-7-9-11-32(52-26-28-13-15-30(41)21-34(28)43)24-47-19-17-45-39(47)54-37(50)23-36(49)38(51)55-40-46-18-20-48(40)25-33(12-10-8-6-4-2)53-27-29-14-16-31(42)22-35(29)44/h13-22,32-33,36,49H,3-12,23-27H2,1-2H3. The molecule has 0 aliphatic carbocycles. The van der Waals surface area contributed by atoms with Gasteiger partial charge in [0, 0.05) is 44.9 Å². The number of aliphatic hydroxyl groups excluding tert-OH is 1. The second-order valence-corrected chi connectivity index (χ2v) is 15.1. The van der Waals surface area contributed by atoms with Crippen LogP contribution in [0.15, 0.2) is 61.2 Å². The third-order valence-corrected chi connectivity index (χ3v) is 10.1. The number of nitrogens with zero attached hydrogens (tertiary/aromatic N) is 4. The summed E-state index contributed by atoms with van der Waals surface area (Å²) in [5.41, 5.74) is 1.61. The first-order chi connectivity index (χ1) is 26.6. The summed E-state index contributed by atoms with van der Waals surface area (Å²) in [5.74, 6) is -1.92. The minimum atomic E-state index is -1.81. The minimum absolute atomic E-state index is 0.0117. The lowest BCUT2D eigenvalue weighted by Gasteiger charge is -2.20. The Morgan fingerprint density at radius 3 is 1.62 bits per heavy atom. The number of unbranched alkanes of at least 4 members (excludes halogenated alkanes) is 6. The molecule has 4 rings (SSSR count). The Bertz CT molecular complexity index is 1790. The Morgan fingerprint density at radius 2 is 1.16 bits per heavy atom. The van der Waals surface area contributed by atoms with Crippen molar-refractivity contribution < 1.29 is 33.6 Å². The normalized spacial score (nSPS) is 13.1. The van der Waals surface area contributed by atoms with Crippen molar-refractivity contribution in [2.24, 2.45) is 0 Å². The summed E-state index contributed by atoms with van der Waals surface area (Å²) in [7, 11) is 0. The molecule has 0 radical (unpaired) electrons. The van der Waals surface area contributed by atoms with Gasteiger partial charge in [-0.3, -0.25) is 13.9 Å². The maximum absolute atomic E-state index is 13.0. The third-order valence-electron chi connectivity index (χ3n) is 8.92. The zero-order chi connectivity index (χ0) is 39.6. The molecule has 300 valence electrons. The van der Waals surface area contributed by atoms with Gasteiger partial charge in [-0.25, -0.2) is 14.8 Å². The van der Waals surface area contributed by atoms with Gasteiger partial charge in [-0.15, -0.1) is 0 Å². The Morgan fingerprint density at radius 1 is 0.691 bits per heavy atom. The fourth-order valence-electron chi connectivity index (χ4n) is 5.81. The smallest absolute Gasteiger partial charge is 0.343 e. The van der Waals surface area contributed by atoms with Crippen molar-refractivity contribution in [2.75, 3.05) is 0 Å². The molecule has 55 heavy (non-hydrogen) atoms. The maximum Gasteiger partial charge on any atom is 0.343 e. The van der Waals surface area contributed by atoms with Gasteiger partial charge in [0.05, 0.1) is 44.9 Å². The number of hydrogen-bond acceptors (Lipinski definition) is 9. The first kappa shape index (κ1) is 44.6. The van der Waals surface area contributed by atoms with Crippen LogP contribution in [0.1, 0.15) is 95.6 Å². The van der Waals surface area contributed by atoms with Crippen LogP contribution >= 0.6 is 46.4 Å². The van der Waals surface area contributed by atoms with Crippen LogP contribution in [0.4, 0.5) is 0 Å². The van der Waals surface area contributed by atoms with Crippen LogP contribution in [0.3, 0.4) is 0 Å². The molecule has 11 nitrogen and oxygen atoms in total. The molecule has 0 saturated heterocycles. The average Bonchev–Trinajstić information content (AvgIpc) is 3.78. The van der Waals surface area contributed by atoms with Crippen LogP contribution in [0.2, 0.25) is 20.1 Å². The van der Waals surface area contributed by atoms with E-state index in [2.05, 4.69) is 23.8 Å². The van der Waals surface area contributed by atoms with Crippen molar-refractivity contribution in [1.29, 1.82) is 0 Å². The number of imidazole rings is 2. The van der Waals surface area contributed by atoms with Gasteiger partial charge in [-0.05, 0) is 48.2 Å². The molecular formula is C40H50Cl4N4O7. The summed E-state index contributed by atoms with van der Waals surface area (Å²) in [4.78, 5) is 34.2. The van der Waals surface area contributed by atoms with E-state index in [-0.39, 0.29) is 37.4 Å². The molecule has 0 amide bonds. The van der Waals surface area contributed by atoms with Gasteiger partial charge >= 0.3 is 24.0 Å². The third kappa shape index (κ3) is 15.4. The molecule has 3 atom stereocenters. The van der Waals surface area contributed by atoms with Gasteiger partial charge in [0.15, 0.2) is 6.10 Å². The predicted molar refractivity (Wildman–Crippen MR) is 214 cm³/mol. The van der Waals surface area contributed by atoms with Crippen molar-refractivity contribution in [3.8, 4) is 12.0 Å². The van der Waals surface area contributed by atoms with Crippen molar-refractivity contribution in [1.82, 2.24) is 19.1 Å². The summed E-state index contributed by atoms with van der Waals surface area (Å²) in [5, 5.41) is 12.8. The number of ether oxygens (including phenoxy) is 4. The second kappa shape index (κ2) is 23.8. The van der Waals surface area contributed by atoms with Crippen molar-refractivity contribution in [3.63, 3.8) is 0 Å². The van der Waals surface area contributed by atoms with Crippen LogP contribution in [0, 0.1) is 0 Å². The number of hydrogen-bond donors (Lipinski definition) is 1. The van der Waals surface area contributed by atoms with E-state index >= 15 is 0 Å². The van der Waals surface area contributed by atoms with Crippen LogP contribution < -0.4 is 9.47 Å². The molecule has 0 saturated carbocycles. The molecule has 3 unspecified atom stereocenters. The summed E-state index contributed by atoms with van der Waals surface area (Å²) >= 11 is 24.9. The first-order valence-electron chi connectivity index (χ1n) is 18.8. The number of carbonyl (C=O) groups excluding carboxylic acids is 2. The number of esters is 2. The zero-order valence-corrected chi connectivity index (χ0v) is 34.3. The average molecular weight is 841 g/mol. The first-order valence-corrected chi connectivity index (χ1v) is 20.3. The van der Waals surface area contributed by atoms with E-state index in [0.717, 1.165) is 75.3 Å². The van der Waals surface area contributed by atoms with E-state index in [1.54, 1.807) is 45.8 Å². The number of carbonyl (C=O) groups is 2. The largest absolute Gasteiger partial charge is 0.392 e. The van der Waals surface area contributed by atoms with Crippen LogP contribution in [-0.2, 0) is 45.4 Å². The Hall–Kier alpha value is -3.16. The molecule has 0 aliphatic rings. The molecule has 2 aromatic heterocycles.